The van der Waals surface area contributed by atoms with Crippen molar-refractivity contribution in [3.63, 3.8) is 0 Å². The molecule has 4 rings (SSSR count). The van der Waals surface area contributed by atoms with Gasteiger partial charge in [-0.2, -0.15) is 4.98 Å². The number of amides is 1. The van der Waals surface area contributed by atoms with Crippen molar-refractivity contribution in [3.05, 3.63) is 77.0 Å². The van der Waals surface area contributed by atoms with Crippen molar-refractivity contribution in [3.8, 4) is 29.1 Å². The molecule has 33 heavy (non-hydrogen) atoms. The van der Waals surface area contributed by atoms with Crippen LogP contribution < -0.4 is 10.2 Å². The van der Waals surface area contributed by atoms with E-state index in [-0.39, 0.29) is 11.6 Å². The number of hydrogen-bond donors (Lipinski definition) is 2. The van der Waals surface area contributed by atoms with Crippen molar-refractivity contribution >= 4 is 5.91 Å². The largest absolute Gasteiger partial charge is 0.481 e. The summed E-state index contributed by atoms with van der Waals surface area (Å²) in [6.07, 6.45) is 0. The quantitative estimate of drug-likeness (QED) is 0.355. The van der Waals surface area contributed by atoms with Gasteiger partial charge in [-0.3, -0.25) is 14.9 Å². The van der Waals surface area contributed by atoms with Crippen LogP contribution in [0.15, 0.2) is 54.6 Å². The van der Waals surface area contributed by atoms with E-state index in [0.717, 1.165) is 44.0 Å². The first-order valence-electron chi connectivity index (χ1n) is 10.5. The van der Waals surface area contributed by atoms with Crippen molar-refractivity contribution in [1.29, 1.82) is 0 Å². The van der Waals surface area contributed by atoms with Crippen LogP contribution in [0, 0.1) is 11.8 Å². The molecule has 0 saturated carbocycles. The highest BCUT2D eigenvalue weighted by Gasteiger charge is 2.13. The fourth-order valence-corrected chi connectivity index (χ4v) is 3.39. The predicted octanol–water partition coefficient (Wildman–Crippen LogP) is 2.50. The normalized spacial score (nSPS) is 13.6. The molecule has 1 aliphatic rings. The molecule has 1 amide bonds. The Hall–Kier alpha value is -3.77. The van der Waals surface area contributed by atoms with Gasteiger partial charge in [0.2, 0.25) is 5.88 Å². The van der Waals surface area contributed by atoms with Gasteiger partial charge in [-0.05, 0) is 42.0 Å². The topological polar surface area (TPSA) is 96.8 Å². The smallest absolute Gasteiger partial charge is 0.293 e. The van der Waals surface area contributed by atoms with Gasteiger partial charge in [0.25, 0.3) is 5.91 Å². The van der Waals surface area contributed by atoms with E-state index in [1.165, 1.54) is 18.7 Å². The third-order valence-corrected chi connectivity index (χ3v) is 5.20. The molecule has 2 heterocycles. The molecule has 0 atom stereocenters. The van der Waals surface area contributed by atoms with E-state index in [1.807, 2.05) is 36.4 Å². The molecule has 1 saturated heterocycles. The lowest BCUT2D eigenvalue weighted by Crippen LogP contribution is -2.35. The zero-order valence-corrected chi connectivity index (χ0v) is 18.2. The lowest BCUT2D eigenvalue weighted by atomic mass is 10.1. The second-order valence-corrected chi connectivity index (χ2v) is 7.47. The molecule has 8 nitrogen and oxygen atoms in total. The van der Waals surface area contributed by atoms with E-state index >= 15 is 0 Å². The van der Waals surface area contributed by atoms with Crippen LogP contribution in [-0.4, -0.2) is 59.4 Å². The van der Waals surface area contributed by atoms with Crippen molar-refractivity contribution in [2.75, 3.05) is 33.4 Å². The summed E-state index contributed by atoms with van der Waals surface area (Å²) < 4.78 is 10.5. The molecule has 1 aliphatic heterocycles. The molecule has 0 radical (unpaired) electrons. The van der Waals surface area contributed by atoms with Crippen LogP contribution in [0.4, 0.5) is 0 Å². The van der Waals surface area contributed by atoms with Gasteiger partial charge in [-0.1, -0.05) is 24.0 Å². The van der Waals surface area contributed by atoms with Crippen LogP contribution in [0.5, 0.6) is 5.88 Å². The van der Waals surface area contributed by atoms with Gasteiger partial charge in [0.15, 0.2) is 5.82 Å². The monoisotopic (exact) mass is 444 g/mol. The van der Waals surface area contributed by atoms with E-state index < -0.39 is 5.91 Å². The number of carbonyl (C=O) groups excluding carboxylic acids is 1. The number of hydrogen-bond acceptors (Lipinski definition) is 7. The first kappa shape index (κ1) is 22.4. The maximum atomic E-state index is 11.7. The fourth-order valence-electron chi connectivity index (χ4n) is 3.39. The number of morpholine rings is 1. The number of methoxy groups -OCH3 is 1. The van der Waals surface area contributed by atoms with E-state index in [2.05, 4.69) is 38.8 Å². The number of rotatable bonds is 5. The second-order valence-electron chi connectivity index (χ2n) is 7.47. The minimum atomic E-state index is -0.740. The summed E-state index contributed by atoms with van der Waals surface area (Å²) in [5.41, 5.74) is 5.31. The summed E-state index contributed by atoms with van der Waals surface area (Å²) >= 11 is 0. The Balaban J connectivity index is 1.45. The number of hydroxylamine groups is 1. The third kappa shape index (κ3) is 5.93. The Labute approximate surface area is 192 Å². The number of carbonyl (C=O) groups is 1. The Morgan fingerprint density at radius 3 is 2.30 bits per heavy atom. The van der Waals surface area contributed by atoms with Gasteiger partial charge in [-0.25, -0.2) is 10.5 Å². The third-order valence-electron chi connectivity index (χ3n) is 5.20. The lowest BCUT2D eigenvalue weighted by molar-refractivity contribution is 0.0342. The number of nitrogens with one attached hydrogen (secondary N) is 1. The van der Waals surface area contributed by atoms with Gasteiger partial charge < -0.3 is 9.47 Å². The predicted molar refractivity (Wildman–Crippen MR) is 122 cm³/mol. The van der Waals surface area contributed by atoms with Crippen LogP contribution in [-0.2, 0) is 11.3 Å². The average molecular weight is 444 g/mol. The van der Waals surface area contributed by atoms with Crippen LogP contribution in [0.2, 0.25) is 0 Å². The number of nitrogens with zero attached hydrogens (tertiary/aromatic N) is 3. The standard InChI is InChI=1S/C25H24N4O4/c1-32-23-16-22(25(30)28-31)26-24(27-23)21-10-8-19(9-11-21)3-2-18-4-6-20(7-5-18)17-29-12-14-33-15-13-29/h4-11,16,31H,12-15,17H2,1H3,(H,28,30). The first-order valence-corrected chi connectivity index (χ1v) is 10.5. The van der Waals surface area contributed by atoms with E-state index in [9.17, 15) is 4.79 Å². The first-order chi connectivity index (χ1) is 16.1. The molecule has 2 aromatic carbocycles. The van der Waals surface area contributed by atoms with Gasteiger partial charge in [-0.15, -0.1) is 0 Å². The van der Waals surface area contributed by atoms with Gasteiger partial charge in [0.05, 0.1) is 20.3 Å². The second kappa shape index (κ2) is 10.7. The SMILES string of the molecule is COc1cc(C(=O)NO)nc(-c2ccc(C#Cc3ccc(CN4CCOCC4)cc3)cc2)n1. The Bertz CT molecular complexity index is 1160. The van der Waals surface area contributed by atoms with Crippen LogP contribution >= 0.6 is 0 Å². The molecular weight excluding hydrogens is 420 g/mol. The Morgan fingerprint density at radius 1 is 1.06 bits per heavy atom. The van der Waals surface area contributed by atoms with Crippen LogP contribution in [0.1, 0.15) is 27.2 Å². The van der Waals surface area contributed by atoms with Crippen molar-refractivity contribution < 1.29 is 19.5 Å². The molecule has 1 aromatic heterocycles. The highest BCUT2D eigenvalue weighted by molar-refractivity contribution is 5.92. The van der Waals surface area contributed by atoms with E-state index in [4.69, 9.17) is 14.7 Å². The van der Waals surface area contributed by atoms with Gasteiger partial charge in [0, 0.05) is 42.4 Å². The highest BCUT2D eigenvalue weighted by atomic mass is 16.5. The van der Waals surface area contributed by atoms with Crippen molar-refractivity contribution in [2.45, 2.75) is 6.54 Å². The summed E-state index contributed by atoms with van der Waals surface area (Å²) in [7, 11) is 1.45. The highest BCUT2D eigenvalue weighted by Crippen LogP contribution is 2.20. The van der Waals surface area contributed by atoms with E-state index in [1.54, 1.807) is 5.48 Å². The molecule has 8 heteroatoms. The molecule has 0 unspecified atom stereocenters. The molecule has 1 fully saturated rings. The molecular formula is C25H24N4O4. The minimum absolute atomic E-state index is 0.000264. The molecule has 3 aromatic rings. The summed E-state index contributed by atoms with van der Waals surface area (Å²) in [4.78, 5) is 22.6. The number of benzene rings is 2. The summed E-state index contributed by atoms with van der Waals surface area (Å²) in [6.45, 7) is 4.45. The number of aromatic nitrogens is 2. The summed E-state index contributed by atoms with van der Waals surface area (Å²) in [5, 5.41) is 8.87. The molecule has 0 aliphatic carbocycles. The zero-order chi connectivity index (χ0) is 23.0. The van der Waals surface area contributed by atoms with Crippen LogP contribution in [0.25, 0.3) is 11.4 Å². The van der Waals surface area contributed by atoms with E-state index in [0.29, 0.717) is 11.4 Å². The molecule has 0 spiro atoms. The van der Waals surface area contributed by atoms with Crippen molar-refractivity contribution in [1.82, 2.24) is 20.3 Å². The van der Waals surface area contributed by atoms with Gasteiger partial charge >= 0.3 is 0 Å². The van der Waals surface area contributed by atoms with Crippen LogP contribution in [0.3, 0.4) is 0 Å². The summed E-state index contributed by atoms with van der Waals surface area (Å²) in [5.74, 6) is 6.14. The van der Waals surface area contributed by atoms with Crippen molar-refractivity contribution in [2.24, 2.45) is 0 Å². The zero-order valence-electron chi connectivity index (χ0n) is 18.2. The lowest BCUT2D eigenvalue weighted by Gasteiger charge is -2.26. The Kier molecular flexibility index (Phi) is 7.27. The molecule has 2 N–H and O–H groups in total. The summed E-state index contributed by atoms with van der Waals surface area (Å²) in [6, 6.07) is 17.0. The number of ether oxygens (including phenoxy) is 2. The Morgan fingerprint density at radius 2 is 1.70 bits per heavy atom. The average Bonchev–Trinajstić information content (AvgIpc) is 2.88. The minimum Gasteiger partial charge on any atom is -0.481 e. The maximum Gasteiger partial charge on any atom is 0.293 e. The molecule has 0 bridgehead atoms. The fraction of sp³-hybridized carbons (Fsp3) is 0.240. The maximum absolute atomic E-state index is 11.7. The molecule has 168 valence electrons. The van der Waals surface area contributed by atoms with Gasteiger partial charge in [0.1, 0.15) is 5.69 Å².